The van der Waals surface area contributed by atoms with Gasteiger partial charge < -0.3 is 10.0 Å². The summed E-state index contributed by atoms with van der Waals surface area (Å²) in [6.07, 6.45) is 1.52. The Morgan fingerprint density at radius 1 is 1.05 bits per heavy atom. The van der Waals surface area contributed by atoms with E-state index in [4.69, 9.17) is 23.2 Å². The number of hydrogen-bond acceptors (Lipinski definition) is 2. The Kier molecular flexibility index (Phi) is 4.12. The first kappa shape index (κ1) is 14.7. The quantitative estimate of drug-likeness (QED) is 0.882. The van der Waals surface area contributed by atoms with E-state index >= 15 is 0 Å². The highest BCUT2D eigenvalue weighted by molar-refractivity contribution is 6.42. The Balaban J connectivity index is 1.94. The summed E-state index contributed by atoms with van der Waals surface area (Å²) < 4.78 is 0. The lowest BCUT2D eigenvalue weighted by molar-refractivity contribution is 0.220. The van der Waals surface area contributed by atoms with Crippen LogP contribution in [0, 0.1) is 0 Å². The summed E-state index contributed by atoms with van der Waals surface area (Å²) in [6.45, 7) is 1.09. The zero-order chi connectivity index (χ0) is 15.0. The molecule has 0 aliphatic carbocycles. The molecule has 2 aromatic rings. The molecule has 110 valence electrons. The standard InChI is InChI=1S/C17H17Cl2NO/c1-20-8-2-3-11-9-12(5-7-16(11)20)17(21)13-4-6-14(18)15(19)10-13/h4-7,9-10,17,21H,2-3,8H2,1H3. The number of aliphatic hydroxyl groups excluding tert-OH is 1. The van der Waals surface area contributed by atoms with Crippen molar-refractivity contribution in [3.63, 3.8) is 0 Å². The molecule has 1 atom stereocenters. The average Bonchev–Trinajstić information content (AvgIpc) is 2.49. The van der Waals surface area contributed by atoms with E-state index in [0.717, 1.165) is 30.5 Å². The van der Waals surface area contributed by atoms with Gasteiger partial charge in [0, 0.05) is 19.3 Å². The topological polar surface area (TPSA) is 23.5 Å². The molecule has 0 spiro atoms. The fourth-order valence-corrected chi connectivity index (χ4v) is 3.16. The lowest BCUT2D eigenvalue weighted by Gasteiger charge is -2.28. The molecule has 2 nitrogen and oxygen atoms in total. The van der Waals surface area contributed by atoms with Crippen molar-refractivity contribution in [2.45, 2.75) is 18.9 Å². The molecule has 1 N–H and O–H groups in total. The van der Waals surface area contributed by atoms with Gasteiger partial charge in [-0.1, -0.05) is 41.4 Å². The van der Waals surface area contributed by atoms with E-state index in [2.05, 4.69) is 24.1 Å². The molecule has 21 heavy (non-hydrogen) atoms. The first-order chi connectivity index (χ1) is 10.1. The number of fused-ring (bicyclic) bond motifs is 1. The van der Waals surface area contributed by atoms with Crippen LogP contribution in [0.25, 0.3) is 0 Å². The molecule has 4 heteroatoms. The number of nitrogens with zero attached hydrogens (tertiary/aromatic N) is 1. The highest BCUT2D eigenvalue weighted by Gasteiger charge is 2.17. The lowest BCUT2D eigenvalue weighted by Crippen LogP contribution is -2.24. The number of hydrogen-bond donors (Lipinski definition) is 1. The van der Waals surface area contributed by atoms with Crippen LogP contribution in [-0.2, 0) is 6.42 Å². The summed E-state index contributed by atoms with van der Waals surface area (Å²) in [5, 5.41) is 11.5. The van der Waals surface area contributed by atoms with E-state index < -0.39 is 6.10 Å². The van der Waals surface area contributed by atoms with Gasteiger partial charge in [-0.25, -0.2) is 0 Å². The molecule has 0 fully saturated rings. The fraction of sp³-hybridized carbons (Fsp3) is 0.294. The van der Waals surface area contributed by atoms with Gasteiger partial charge in [0.15, 0.2) is 0 Å². The molecular formula is C17H17Cl2NO. The van der Waals surface area contributed by atoms with Gasteiger partial charge in [-0.2, -0.15) is 0 Å². The van der Waals surface area contributed by atoms with Crippen molar-refractivity contribution in [1.29, 1.82) is 0 Å². The van der Waals surface area contributed by atoms with Crippen molar-refractivity contribution in [1.82, 2.24) is 0 Å². The molecule has 1 unspecified atom stereocenters. The highest BCUT2D eigenvalue weighted by atomic mass is 35.5. The summed E-state index contributed by atoms with van der Waals surface area (Å²) in [5.74, 6) is 0. The summed E-state index contributed by atoms with van der Waals surface area (Å²) in [7, 11) is 2.10. The van der Waals surface area contributed by atoms with Gasteiger partial charge in [0.2, 0.25) is 0 Å². The van der Waals surface area contributed by atoms with Crippen LogP contribution in [0.1, 0.15) is 29.2 Å². The van der Waals surface area contributed by atoms with Gasteiger partial charge in [-0.15, -0.1) is 0 Å². The molecule has 0 aromatic heterocycles. The Labute approximate surface area is 134 Å². The Hall–Kier alpha value is -1.22. The highest BCUT2D eigenvalue weighted by Crippen LogP contribution is 2.32. The second-order valence-corrected chi connectivity index (χ2v) is 6.30. The smallest absolute Gasteiger partial charge is 0.104 e. The van der Waals surface area contributed by atoms with Crippen molar-refractivity contribution >= 4 is 28.9 Å². The molecule has 3 rings (SSSR count). The number of halogens is 2. The number of rotatable bonds is 2. The van der Waals surface area contributed by atoms with Crippen LogP contribution in [-0.4, -0.2) is 18.7 Å². The lowest BCUT2D eigenvalue weighted by atomic mass is 9.95. The van der Waals surface area contributed by atoms with Crippen molar-refractivity contribution in [2.75, 3.05) is 18.5 Å². The van der Waals surface area contributed by atoms with Crippen LogP contribution < -0.4 is 4.90 Å². The second-order valence-electron chi connectivity index (χ2n) is 5.49. The zero-order valence-corrected chi connectivity index (χ0v) is 13.3. The van der Waals surface area contributed by atoms with Crippen LogP contribution in [0.15, 0.2) is 36.4 Å². The third kappa shape index (κ3) is 2.89. The van der Waals surface area contributed by atoms with Gasteiger partial charge in [0.25, 0.3) is 0 Å². The Bertz CT molecular complexity index is 672. The minimum Gasteiger partial charge on any atom is -0.384 e. The first-order valence-corrected chi connectivity index (χ1v) is 7.79. The van der Waals surface area contributed by atoms with Crippen molar-refractivity contribution in [3.8, 4) is 0 Å². The number of anilines is 1. The largest absolute Gasteiger partial charge is 0.384 e. The SMILES string of the molecule is CN1CCCc2cc(C(O)c3ccc(Cl)c(Cl)c3)ccc21. The van der Waals surface area contributed by atoms with E-state index in [9.17, 15) is 5.11 Å². The van der Waals surface area contributed by atoms with Crippen LogP contribution in [0.4, 0.5) is 5.69 Å². The van der Waals surface area contributed by atoms with Gasteiger partial charge >= 0.3 is 0 Å². The van der Waals surface area contributed by atoms with Crippen molar-refractivity contribution in [2.24, 2.45) is 0 Å². The Morgan fingerprint density at radius 2 is 1.76 bits per heavy atom. The Morgan fingerprint density at radius 3 is 2.52 bits per heavy atom. The van der Waals surface area contributed by atoms with Crippen LogP contribution in [0.3, 0.4) is 0 Å². The molecule has 0 amide bonds. The van der Waals surface area contributed by atoms with E-state index in [1.54, 1.807) is 12.1 Å². The van der Waals surface area contributed by atoms with Gasteiger partial charge in [0.1, 0.15) is 6.10 Å². The molecule has 0 saturated heterocycles. The van der Waals surface area contributed by atoms with E-state index in [-0.39, 0.29) is 0 Å². The van der Waals surface area contributed by atoms with Crippen LogP contribution in [0.5, 0.6) is 0 Å². The van der Waals surface area contributed by atoms with Gasteiger partial charge in [-0.05, 0) is 47.7 Å². The summed E-state index contributed by atoms with van der Waals surface area (Å²) in [6, 6.07) is 11.4. The minimum atomic E-state index is -0.683. The number of aliphatic hydroxyl groups is 1. The van der Waals surface area contributed by atoms with E-state index in [1.807, 2.05) is 12.1 Å². The first-order valence-electron chi connectivity index (χ1n) is 7.03. The molecule has 0 radical (unpaired) electrons. The van der Waals surface area contributed by atoms with E-state index in [1.165, 1.54) is 11.3 Å². The predicted molar refractivity (Wildman–Crippen MR) is 88.6 cm³/mol. The monoisotopic (exact) mass is 321 g/mol. The summed E-state index contributed by atoms with van der Waals surface area (Å²) in [4.78, 5) is 2.26. The van der Waals surface area contributed by atoms with Gasteiger partial charge in [0.05, 0.1) is 10.0 Å². The predicted octanol–water partition coefficient (Wildman–Crippen LogP) is 4.46. The zero-order valence-electron chi connectivity index (χ0n) is 11.8. The van der Waals surface area contributed by atoms with Crippen molar-refractivity contribution in [3.05, 3.63) is 63.1 Å². The fourth-order valence-electron chi connectivity index (χ4n) is 2.85. The van der Waals surface area contributed by atoms with Crippen molar-refractivity contribution < 1.29 is 5.11 Å². The maximum atomic E-state index is 10.6. The third-order valence-corrected chi connectivity index (χ3v) is 4.77. The summed E-state index contributed by atoms with van der Waals surface area (Å²) in [5.41, 5.74) is 4.20. The van der Waals surface area contributed by atoms with E-state index in [0.29, 0.717) is 10.0 Å². The van der Waals surface area contributed by atoms with Gasteiger partial charge in [-0.3, -0.25) is 0 Å². The molecule has 1 heterocycles. The molecule has 0 saturated carbocycles. The molecule has 2 aromatic carbocycles. The normalized spacial score (nSPS) is 15.7. The average molecular weight is 322 g/mol. The molecule has 0 bridgehead atoms. The van der Waals surface area contributed by atoms with Crippen LogP contribution >= 0.6 is 23.2 Å². The summed E-state index contributed by atoms with van der Waals surface area (Å²) >= 11 is 12.0. The molecular weight excluding hydrogens is 305 g/mol. The number of aryl methyl sites for hydroxylation is 1. The molecule has 1 aliphatic heterocycles. The second kappa shape index (κ2) is 5.88. The maximum absolute atomic E-state index is 10.6. The maximum Gasteiger partial charge on any atom is 0.104 e. The number of benzene rings is 2. The minimum absolute atomic E-state index is 0.464. The third-order valence-electron chi connectivity index (χ3n) is 4.03. The van der Waals surface area contributed by atoms with Crippen LogP contribution in [0.2, 0.25) is 10.0 Å². The molecule has 1 aliphatic rings.